The molecule has 0 bridgehead atoms. The second-order valence-electron chi connectivity index (χ2n) is 3.06. The summed E-state index contributed by atoms with van der Waals surface area (Å²) in [4.78, 5) is 0. The van der Waals surface area contributed by atoms with Crippen molar-refractivity contribution < 1.29 is 8.42 Å². The number of nitrogens with one attached hydrogen (secondary N) is 1. The molecule has 2 rings (SSSR count). The van der Waals surface area contributed by atoms with Gasteiger partial charge in [0.25, 0.3) is 0 Å². The highest BCUT2D eigenvalue weighted by atomic mass is 32.2. The number of nitrogen functional groups attached to an aromatic ring is 1. The molecule has 1 aromatic carbocycles. The van der Waals surface area contributed by atoms with E-state index < -0.39 is 10.2 Å². The average molecular weight is 213 g/mol. The molecule has 0 aliphatic carbocycles. The van der Waals surface area contributed by atoms with E-state index in [4.69, 9.17) is 5.73 Å². The first-order valence-corrected chi connectivity index (χ1v) is 5.66. The summed E-state index contributed by atoms with van der Waals surface area (Å²) >= 11 is 0. The lowest BCUT2D eigenvalue weighted by Gasteiger charge is -2.15. The summed E-state index contributed by atoms with van der Waals surface area (Å²) in [5.41, 5.74) is 6.78. The maximum absolute atomic E-state index is 11.4. The van der Waals surface area contributed by atoms with Gasteiger partial charge >= 0.3 is 10.2 Å². The Morgan fingerprint density at radius 1 is 1.29 bits per heavy atom. The van der Waals surface area contributed by atoms with Gasteiger partial charge in [-0.25, -0.2) is 0 Å². The number of hydrogen-bond donors (Lipinski definition) is 2. The van der Waals surface area contributed by atoms with Crippen molar-refractivity contribution in [1.29, 1.82) is 0 Å². The standard InChI is InChI=1S/C8H11N3O2S/c9-7-1-3-8(4-2-7)11-6-5-10-14(11,12)13/h1-4,10H,5-6,9H2. The Balaban J connectivity index is 2.36. The van der Waals surface area contributed by atoms with Crippen molar-refractivity contribution in [2.75, 3.05) is 23.1 Å². The van der Waals surface area contributed by atoms with E-state index in [1.807, 2.05) is 0 Å². The third-order valence-corrected chi connectivity index (χ3v) is 3.61. The van der Waals surface area contributed by atoms with Crippen LogP contribution in [0.15, 0.2) is 24.3 Å². The van der Waals surface area contributed by atoms with Crippen LogP contribution >= 0.6 is 0 Å². The zero-order valence-corrected chi connectivity index (χ0v) is 8.29. The normalized spacial score (nSPS) is 19.9. The summed E-state index contributed by atoms with van der Waals surface area (Å²) in [6.45, 7) is 0.916. The molecule has 1 aliphatic heterocycles. The maximum Gasteiger partial charge on any atom is 0.301 e. The fraction of sp³-hybridized carbons (Fsp3) is 0.250. The minimum absolute atomic E-state index is 0.451. The van der Waals surface area contributed by atoms with Gasteiger partial charge in [-0.2, -0.15) is 13.1 Å². The third-order valence-electron chi connectivity index (χ3n) is 2.07. The van der Waals surface area contributed by atoms with Crippen molar-refractivity contribution >= 4 is 21.6 Å². The van der Waals surface area contributed by atoms with Crippen LogP contribution in [0.3, 0.4) is 0 Å². The van der Waals surface area contributed by atoms with E-state index in [1.54, 1.807) is 24.3 Å². The van der Waals surface area contributed by atoms with Crippen LogP contribution in [-0.4, -0.2) is 21.5 Å². The van der Waals surface area contributed by atoms with Crippen molar-refractivity contribution in [2.45, 2.75) is 0 Å². The van der Waals surface area contributed by atoms with E-state index in [0.29, 0.717) is 24.5 Å². The lowest BCUT2D eigenvalue weighted by Crippen LogP contribution is -2.29. The lowest BCUT2D eigenvalue weighted by molar-refractivity contribution is 0.592. The molecule has 0 unspecified atom stereocenters. The van der Waals surface area contributed by atoms with Gasteiger partial charge in [0, 0.05) is 18.8 Å². The summed E-state index contributed by atoms with van der Waals surface area (Å²) in [6.07, 6.45) is 0. The van der Waals surface area contributed by atoms with Crippen molar-refractivity contribution in [3.8, 4) is 0 Å². The van der Waals surface area contributed by atoms with Crippen LogP contribution in [0.25, 0.3) is 0 Å². The summed E-state index contributed by atoms with van der Waals surface area (Å²) in [7, 11) is -3.31. The van der Waals surface area contributed by atoms with Crippen LogP contribution in [-0.2, 0) is 10.2 Å². The molecule has 1 heterocycles. The summed E-state index contributed by atoms with van der Waals surface area (Å²) in [5.74, 6) is 0. The van der Waals surface area contributed by atoms with Crippen molar-refractivity contribution in [1.82, 2.24) is 4.72 Å². The number of nitrogens with two attached hydrogens (primary N) is 1. The number of benzene rings is 1. The summed E-state index contributed by atoms with van der Waals surface area (Å²) < 4.78 is 26.6. The Labute approximate surface area is 82.7 Å². The van der Waals surface area contributed by atoms with Gasteiger partial charge in [-0.3, -0.25) is 4.31 Å². The molecule has 0 amide bonds. The third kappa shape index (κ3) is 1.53. The highest BCUT2D eigenvalue weighted by Crippen LogP contribution is 2.20. The minimum atomic E-state index is -3.31. The molecule has 1 saturated heterocycles. The second-order valence-corrected chi connectivity index (χ2v) is 4.74. The summed E-state index contributed by atoms with van der Waals surface area (Å²) in [5, 5.41) is 0. The van der Waals surface area contributed by atoms with Crippen molar-refractivity contribution in [3.05, 3.63) is 24.3 Å². The monoisotopic (exact) mass is 213 g/mol. The van der Waals surface area contributed by atoms with E-state index in [2.05, 4.69) is 4.72 Å². The molecular weight excluding hydrogens is 202 g/mol. The molecule has 1 aromatic rings. The van der Waals surface area contributed by atoms with Gasteiger partial charge in [-0.1, -0.05) is 0 Å². The van der Waals surface area contributed by atoms with Gasteiger partial charge in [0.2, 0.25) is 0 Å². The van der Waals surface area contributed by atoms with E-state index in [9.17, 15) is 8.42 Å². The molecule has 0 atom stereocenters. The Morgan fingerprint density at radius 2 is 1.93 bits per heavy atom. The maximum atomic E-state index is 11.4. The van der Waals surface area contributed by atoms with Crippen LogP contribution in [0.5, 0.6) is 0 Å². The van der Waals surface area contributed by atoms with Crippen LogP contribution in [0.4, 0.5) is 11.4 Å². The SMILES string of the molecule is Nc1ccc(N2CCNS2(=O)=O)cc1. The van der Waals surface area contributed by atoms with Gasteiger partial charge in [-0.05, 0) is 24.3 Å². The molecule has 0 radical (unpaired) electrons. The van der Waals surface area contributed by atoms with Gasteiger partial charge in [0.05, 0.1) is 5.69 Å². The van der Waals surface area contributed by atoms with Crippen LogP contribution < -0.4 is 14.8 Å². The Kier molecular flexibility index (Phi) is 2.09. The Morgan fingerprint density at radius 3 is 2.43 bits per heavy atom. The largest absolute Gasteiger partial charge is 0.399 e. The highest BCUT2D eigenvalue weighted by Gasteiger charge is 2.27. The molecule has 1 aliphatic rings. The van der Waals surface area contributed by atoms with E-state index in [0.717, 1.165) is 0 Å². The quantitative estimate of drug-likeness (QED) is 0.641. The zero-order valence-electron chi connectivity index (χ0n) is 7.47. The molecule has 0 aromatic heterocycles. The molecule has 0 spiro atoms. The predicted octanol–water partition coefficient (Wildman–Crippen LogP) is -0.0768. The Bertz CT molecular complexity index is 426. The van der Waals surface area contributed by atoms with Crippen molar-refractivity contribution in [3.63, 3.8) is 0 Å². The van der Waals surface area contributed by atoms with Gasteiger partial charge in [-0.15, -0.1) is 0 Å². The smallest absolute Gasteiger partial charge is 0.301 e. The predicted molar refractivity (Wildman–Crippen MR) is 55.1 cm³/mol. The number of rotatable bonds is 1. The first kappa shape index (κ1) is 9.29. The summed E-state index contributed by atoms with van der Waals surface area (Å²) in [6, 6.07) is 6.76. The van der Waals surface area contributed by atoms with Crippen LogP contribution in [0.1, 0.15) is 0 Å². The van der Waals surface area contributed by atoms with E-state index in [1.165, 1.54) is 4.31 Å². The van der Waals surface area contributed by atoms with Gasteiger partial charge in [0.1, 0.15) is 0 Å². The topological polar surface area (TPSA) is 75.4 Å². The highest BCUT2D eigenvalue weighted by molar-refractivity contribution is 7.91. The first-order valence-electron chi connectivity index (χ1n) is 4.22. The zero-order chi connectivity index (χ0) is 10.2. The lowest BCUT2D eigenvalue weighted by atomic mass is 10.3. The van der Waals surface area contributed by atoms with E-state index in [-0.39, 0.29) is 0 Å². The minimum Gasteiger partial charge on any atom is -0.399 e. The second kappa shape index (κ2) is 3.14. The average Bonchev–Trinajstić information content (AvgIpc) is 2.47. The van der Waals surface area contributed by atoms with Gasteiger partial charge in [0.15, 0.2) is 0 Å². The number of hydrogen-bond acceptors (Lipinski definition) is 3. The molecule has 0 saturated carbocycles. The fourth-order valence-corrected chi connectivity index (χ4v) is 2.62. The molecule has 14 heavy (non-hydrogen) atoms. The first-order chi connectivity index (χ1) is 6.59. The molecule has 6 heteroatoms. The molecule has 1 fully saturated rings. The number of nitrogens with zero attached hydrogens (tertiary/aromatic N) is 1. The molecule has 3 N–H and O–H groups in total. The fourth-order valence-electron chi connectivity index (χ4n) is 1.38. The Hall–Kier alpha value is -1.27. The number of anilines is 2. The van der Waals surface area contributed by atoms with Crippen LogP contribution in [0, 0.1) is 0 Å². The molecule has 76 valence electrons. The van der Waals surface area contributed by atoms with Gasteiger partial charge < -0.3 is 5.73 Å². The van der Waals surface area contributed by atoms with Crippen molar-refractivity contribution in [2.24, 2.45) is 0 Å². The van der Waals surface area contributed by atoms with Crippen LogP contribution in [0.2, 0.25) is 0 Å². The van der Waals surface area contributed by atoms with E-state index >= 15 is 0 Å². The molecular formula is C8H11N3O2S. The molecule has 5 nitrogen and oxygen atoms in total.